The minimum absolute atomic E-state index is 0.0124. The van der Waals surface area contributed by atoms with E-state index < -0.39 is 5.82 Å². The van der Waals surface area contributed by atoms with Gasteiger partial charge in [-0.2, -0.15) is 0 Å². The summed E-state index contributed by atoms with van der Waals surface area (Å²) in [5, 5.41) is 10.3. The van der Waals surface area contributed by atoms with Crippen LogP contribution < -0.4 is 0 Å². The molecule has 6 nitrogen and oxygen atoms in total. The average Bonchev–Trinajstić information content (AvgIpc) is 2.93. The minimum atomic E-state index is -0.499. The normalized spacial score (nSPS) is 22.4. The maximum absolute atomic E-state index is 13.3. The molecule has 176 valence electrons. The van der Waals surface area contributed by atoms with Crippen molar-refractivity contribution in [2.24, 2.45) is 5.41 Å². The third-order valence-electron chi connectivity index (χ3n) is 6.57. The Hall–Kier alpha value is -1.96. The number of nitrogens with zero attached hydrogens (tertiary/aromatic N) is 3. The molecular weight excluding hydrogens is 433 g/mol. The second kappa shape index (κ2) is 10.8. The molecule has 1 N–H and O–H groups in total. The van der Waals surface area contributed by atoms with Crippen molar-refractivity contribution in [2.45, 2.75) is 39.2 Å². The van der Waals surface area contributed by atoms with Gasteiger partial charge in [-0.05, 0) is 55.1 Å². The Bertz CT molecular complexity index is 861. The maximum atomic E-state index is 13.3. The predicted molar refractivity (Wildman–Crippen MR) is 124 cm³/mol. The van der Waals surface area contributed by atoms with E-state index in [4.69, 9.17) is 11.6 Å². The number of amides is 2. The van der Waals surface area contributed by atoms with Crippen LogP contribution in [0, 0.1) is 11.2 Å². The summed E-state index contributed by atoms with van der Waals surface area (Å²) in [6.07, 6.45) is 4.83. The Morgan fingerprint density at radius 1 is 1.25 bits per heavy atom. The van der Waals surface area contributed by atoms with Crippen LogP contribution in [0.4, 0.5) is 4.39 Å². The smallest absolute Gasteiger partial charge is 0.246 e. The summed E-state index contributed by atoms with van der Waals surface area (Å²) < 4.78 is 13.3. The Morgan fingerprint density at radius 2 is 2.03 bits per heavy atom. The highest BCUT2D eigenvalue weighted by Gasteiger charge is 2.34. The number of aliphatic hydroxyl groups is 1. The summed E-state index contributed by atoms with van der Waals surface area (Å²) in [5.74, 6) is -0.610. The first kappa shape index (κ1) is 24.7. The zero-order chi connectivity index (χ0) is 23.3. The van der Waals surface area contributed by atoms with Gasteiger partial charge in [0.15, 0.2) is 0 Å². The van der Waals surface area contributed by atoms with Gasteiger partial charge in [0.1, 0.15) is 5.82 Å². The van der Waals surface area contributed by atoms with E-state index >= 15 is 0 Å². The van der Waals surface area contributed by atoms with Crippen LogP contribution in [0.1, 0.15) is 38.7 Å². The molecule has 2 amide bonds. The van der Waals surface area contributed by atoms with E-state index in [1.54, 1.807) is 17.0 Å². The zero-order valence-corrected chi connectivity index (χ0v) is 19.7. The van der Waals surface area contributed by atoms with Gasteiger partial charge in [-0.1, -0.05) is 31.5 Å². The molecule has 2 heterocycles. The summed E-state index contributed by atoms with van der Waals surface area (Å²) in [5.41, 5.74) is 0.605. The lowest BCUT2D eigenvalue weighted by molar-refractivity contribution is -0.130. The van der Waals surface area contributed by atoms with E-state index in [0.717, 1.165) is 25.9 Å². The molecule has 0 radical (unpaired) electrons. The molecule has 0 spiro atoms. The van der Waals surface area contributed by atoms with Gasteiger partial charge in [0.05, 0.1) is 11.1 Å². The van der Waals surface area contributed by atoms with Gasteiger partial charge in [-0.15, -0.1) is 0 Å². The summed E-state index contributed by atoms with van der Waals surface area (Å²) in [6, 6.07) is 4.29. The van der Waals surface area contributed by atoms with E-state index in [9.17, 15) is 19.1 Å². The number of hydrogen-bond acceptors (Lipinski definition) is 4. The van der Waals surface area contributed by atoms with Gasteiger partial charge < -0.3 is 19.8 Å². The molecule has 8 heteroatoms. The van der Waals surface area contributed by atoms with Gasteiger partial charge in [0, 0.05) is 45.2 Å². The quantitative estimate of drug-likeness (QED) is 0.656. The molecule has 0 aliphatic carbocycles. The van der Waals surface area contributed by atoms with Crippen LogP contribution in [0.3, 0.4) is 0 Å². The maximum Gasteiger partial charge on any atom is 0.246 e. The number of piperidine rings is 1. The summed E-state index contributed by atoms with van der Waals surface area (Å²) in [4.78, 5) is 30.8. The zero-order valence-electron chi connectivity index (χ0n) is 18.9. The molecular formula is C24H33ClFN3O3. The third-order valence-corrected chi connectivity index (χ3v) is 6.86. The fourth-order valence-electron chi connectivity index (χ4n) is 4.10. The largest absolute Gasteiger partial charge is 0.391 e. The molecule has 2 aliphatic heterocycles. The first-order valence-corrected chi connectivity index (χ1v) is 11.6. The fourth-order valence-corrected chi connectivity index (χ4v) is 4.29. The highest BCUT2D eigenvalue weighted by molar-refractivity contribution is 6.30. The molecule has 32 heavy (non-hydrogen) atoms. The van der Waals surface area contributed by atoms with Gasteiger partial charge >= 0.3 is 0 Å². The highest BCUT2D eigenvalue weighted by Crippen LogP contribution is 2.30. The number of benzene rings is 1. The Balaban J connectivity index is 1.45. The molecule has 0 bridgehead atoms. The van der Waals surface area contributed by atoms with E-state index in [1.165, 1.54) is 18.2 Å². The lowest BCUT2D eigenvalue weighted by atomic mass is 9.80. The van der Waals surface area contributed by atoms with Crippen LogP contribution in [0.2, 0.25) is 5.02 Å². The second-order valence-electron chi connectivity index (χ2n) is 9.37. The summed E-state index contributed by atoms with van der Waals surface area (Å²) in [7, 11) is 0. The molecule has 2 saturated heterocycles. The van der Waals surface area contributed by atoms with Crippen LogP contribution in [-0.2, 0) is 9.59 Å². The number of carbonyl (C=O) groups excluding carboxylic acids is 2. The minimum Gasteiger partial charge on any atom is -0.391 e. The van der Waals surface area contributed by atoms with Crippen molar-refractivity contribution in [2.75, 3.05) is 45.8 Å². The second-order valence-corrected chi connectivity index (χ2v) is 9.78. The van der Waals surface area contributed by atoms with Crippen LogP contribution in [0.15, 0.2) is 24.3 Å². The lowest BCUT2D eigenvalue weighted by Crippen LogP contribution is -2.48. The monoisotopic (exact) mass is 465 g/mol. The Kier molecular flexibility index (Phi) is 8.31. The number of carbonyl (C=O) groups is 2. The van der Waals surface area contributed by atoms with E-state index in [2.05, 4.69) is 18.7 Å². The number of aliphatic hydroxyl groups excluding tert-OH is 1. The summed E-state index contributed by atoms with van der Waals surface area (Å²) >= 11 is 5.78. The predicted octanol–water partition coefficient (Wildman–Crippen LogP) is 3.04. The van der Waals surface area contributed by atoms with Crippen molar-refractivity contribution in [3.8, 4) is 0 Å². The number of rotatable bonds is 6. The van der Waals surface area contributed by atoms with Crippen LogP contribution in [-0.4, -0.2) is 83.5 Å². The molecule has 2 fully saturated rings. The van der Waals surface area contributed by atoms with E-state index in [0.29, 0.717) is 44.7 Å². The van der Waals surface area contributed by atoms with Crippen molar-refractivity contribution >= 4 is 29.5 Å². The van der Waals surface area contributed by atoms with Crippen LogP contribution in [0.25, 0.3) is 6.08 Å². The molecule has 1 unspecified atom stereocenters. The Morgan fingerprint density at radius 3 is 2.75 bits per heavy atom. The average molecular weight is 466 g/mol. The lowest BCUT2D eigenvalue weighted by Gasteiger charge is -2.41. The van der Waals surface area contributed by atoms with Crippen molar-refractivity contribution in [3.63, 3.8) is 0 Å². The summed E-state index contributed by atoms with van der Waals surface area (Å²) in [6.45, 7) is 8.72. The van der Waals surface area contributed by atoms with Crippen molar-refractivity contribution < 1.29 is 19.1 Å². The number of likely N-dealkylation sites (tertiary alicyclic amines) is 1. The number of β-amino-alcohol motifs (C(OH)–C–C–N with tert-alkyl or cyclic N) is 1. The first-order valence-electron chi connectivity index (χ1n) is 11.3. The van der Waals surface area contributed by atoms with Crippen molar-refractivity contribution in [1.82, 2.24) is 14.7 Å². The molecule has 1 aromatic rings. The van der Waals surface area contributed by atoms with E-state index in [1.807, 2.05) is 4.90 Å². The molecule has 2 aliphatic rings. The fraction of sp³-hybridized carbons (Fsp3) is 0.583. The molecule has 0 saturated carbocycles. The molecule has 1 atom stereocenters. The van der Waals surface area contributed by atoms with Crippen LogP contribution >= 0.6 is 11.6 Å². The standard InChI is InChI=1S/C24H33ClFN3O3/c1-24(2)9-13-27(17-21(24)30)10-3-11-28-14-15-29(12-8-23(28)32)22(31)7-5-18-4-6-20(26)19(25)16-18/h4-7,16,21,30H,3,8-15,17H2,1-2H3/b7-5+. The SMILES string of the molecule is CC1(C)CCN(CCCN2CCN(C(=O)/C=C/c3ccc(F)c(Cl)c3)CCC2=O)CC1O. The topological polar surface area (TPSA) is 64.1 Å². The number of halogens is 2. The Labute approximate surface area is 194 Å². The molecule has 3 rings (SSSR count). The van der Waals surface area contributed by atoms with Gasteiger partial charge in [-0.3, -0.25) is 9.59 Å². The van der Waals surface area contributed by atoms with Crippen molar-refractivity contribution in [3.05, 3.63) is 40.7 Å². The first-order chi connectivity index (χ1) is 15.2. The molecule has 0 aromatic heterocycles. The van der Waals surface area contributed by atoms with Gasteiger partial charge in [-0.25, -0.2) is 4.39 Å². The van der Waals surface area contributed by atoms with Crippen molar-refractivity contribution in [1.29, 1.82) is 0 Å². The number of hydrogen-bond donors (Lipinski definition) is 1. The molecule has 1 aromatic carbocycles. The van der Waals surface area contributed by atoms with E-state index in [-0.39, 0.29) is 28.4 Å². The van der Waals surface area contributed by atoms with Gasteiger partial charge in [0.2, 0.25) is 11.8 Å². The third kappa shape index (κ3) is 6.53. The van der Waals surface area contributed by atoms with Gasteiger partial charge in [0.25, 0.3) is 0 Å². The van der Waals surface area contributed by atoms with Crippen LogP contribution in [0.5, 0.6) is 0 Å². The highest BCUT2D eigenvalue weighted by atomic mass is 35.5.